The number of nitrogens with zero attached hydrogens (tertiary/aromatic N) is 2. The van der Waals surface area contributed by atoms with Crippen LogP contribution in [0.4, 0.5) is 0 Å². The fraction of sp³-hybridized carbons (Fsp3) is 0.0714. The van der Waals surface area contributed by atoms with Crippen molar-refractivity contribution in [3.63, 3.8) is 0 Å². The molecule has 0 saturated heterocycles. The molecule has 96 valence electrons. The third-order valence-corrected chi connectivity index (χ3v) is 3.38. The Labute approximate surface area is 120 Å². The monoisotopic (exact) mass is 292 g/mol. The highest BCUT2D eigenvalue weighted by Gasteiger charge is 2.07. The van der Waals surface area contributed by atoms with Gasteiger partial charge in [-0.2, -0.15) is 0 Å². The van der Waals surface area contributed by atoms with Crippen LogP contribution >= 0.6 is 23.2 Å². The topological polar surface area (TPSA) is 26.5 Å². The molecule has 5 heteroatoms. The maximum absolute atomic E-state index is 6.07. The smallest absolute Gasteiger partial charge is 0.155 e. The molecule has 0 saturated carbocycles. The first-order chi connectivity index (χ1) is 9.25. The van der Waals surface area contributed by atoms with Gasteiger partial charge in [0.05, 0.1) is 21.9 Å². The van der Waals surface area contributed by atoms with E-state index < -0.39 is 0 Å². The van der Waals surface area contributed by atoms with E-state index in [-0.39, 0.29) is 0 Å². The van der Waals surface area contributed by atoms with E-state index in [1.54, 1.807) is 12.3 Å². The molecule has 0 radical (unpaired) electrons. The van der Waals surface area contributed by atoms with Crippen LogP contribution in [0.1, 0.15) is 5.69 Å². The van der Waals surface area contributed by atoms with Gasteiger partial charge < -0.3 is 4.74 Å². The van der Waals surface area contributed by atoms with Crippen molar-refractivity contribution in [1.29, 1.82) is 0 Å². The van der Waals surface area contributed by atoms with Gasteiger partial charge in [0.1, 0.15) is 12.4 Å². The lowest BCUT2D eigenvalue weighted by Crippen LogP contribution is -1.99. The lowest BCUT2D eigenvalue weighted by molar-refractivity contribution is 0.300. The highest BCUT2D eigenvalue weighted by atomic mass is 35.5. The first kappa shape index (κ1) is 12.3. The molecule has 0 unspecified atom stereocenters. The molecule has 1 aromatic carbocycles. The Balaban J connectivity index is 1.87. The van der Waals surface area contributed by atoms with Crippen LogP contribution in [0.3, 0.4) is 0 Å². The summed E-state index contributed by atoms with van der Waals surface area (Å²) in [5.74, 6) is 0.654. The molecule has 19 heavy (non-hydrogen) atoms. The molecule has 0 aliphatic rings. The molecule has 0 aliphatic heterocycles. The molecule has 2 heterocycles. The number of hydrogen-bond acceptors (Lipinski definition) is 2. The van der Waals surface area contributed by atoms with Gasteiger partial charge in [-0.25, -0.2) is 4.98 Å². The Kier molecular flexibility index (Phi) is 3.32. The number of pyridine rings is 1. The number of rotatable bonds is 3. The molecule has 3 rings (SSSR count). The maximum atomic E-state index is 6.07. The average Bonchev–Trinajstić information content (AvgIpc) is 2.83. The van der Waals surface area contributed by atoms with Crippen LogP contribution < -0.4 is 4.74 Å². The van der Waals surface area contributed by atoms with Crippen molar-refractivity contribution in [2.24, 2.45) is 0 Å². The van der Waals surface area contributed by atoms with Gasteiger partial charge in [0, 0.05) is 6.20 Å². The van der Waals surface area contributed by atoms with Crippen molar-refractivity contribution in [3.05, 3.63) is 64.5 Å². The molecule has 0 aliphatic carbocycles. The van der Waals surface area contributed by atoms with Gasteiger partial charge in [0.25, 0.3) is 0 Å². The van der Waals surface area contributed by atoms with Gasteiger partial charge in [-0.1, -0.05) is 35.3 Å². The van der Waals surface area contributed by atoms with E-state index in [1.807, 2.05) is 40.9 Å². The Morgan fingerprint density at radius 1 is 1.05 bits per heavy atom. The Morgan fingerprint density at radius 2 is 1.84 bits per heavy atom. The average molecular weight is 293 g/mol. The lowest BCUT2D eigenvalue weighted by Gasteiger charge is -2.07. The van der Waals surface area contributed by atoms with Crippen molar-refractivity contribution < 1.29 is 4.74 Å². The Hall–Kier alpha value is -1.71. The van der Waals surface area contributed by atoms with Crippen LogP contribution in [-0.4, -0.2) is 9.38 Å². The number of benzene rings is 1. The van der Waals surface area contributed by atoms with E-state index in [1.165, 1.54) is 0 Å². The van der Waals surface area contributed by atoms with Gasteiger partial charge in [0.15, 0.2) is 5.65 Å². The minimum atomic E-state index is 0.380. The Bertz CT molecular complexity index is 724. The first-order valence-electron chi connectivity index (χ1n) is 5.73. The van der Waals surface area contributed by atoms with Gasteiger partial charge in [-0.15, -0.1) is 0 Å². The summed E-state index contributed by atoms with van der Waals surface area (Å²) in [6, 6.07) is 11.1. The van der Waals surface area contributed by atoms with E-state index in [0.717, 1.165) is 11.3 Å². The number of hydrogen-bond donors (Lipinski definition) is 0. The van der Waals surface area contributed by atoms with Crippen LogP contribution in [0.2, 0.25) is 10.0 Å². The Morgan fingerprint density at radius 3 is 2.68 bits per heavy atom. The number of imidazole rings is 1. The third kappa shape index (κ3) is 2.39. The first-order valence-corrected chi connectivity index (χ1v) is 6.49. The number of aromatic nitrogens is 2. The van der Waals surface area contributed by atoms with E-state index >= 15 is 0 Å². The zero-order valence-corrected chi connectivity index (χ0v) is 11.4. The summed E-state index contributed by atoms with van der Waals surface area (Å²) in [7, 11) is 0. The number of fused-ring (bicyclic) bond motifs is 1. The van der Waals surface area contributed by atoms with Crippen LogP contribution in [0.15, 0.2) is 48.8 Å². The van der Waals surface area contributed by atoms with Crippen LogP contribution in [0.5, 0.6) is 5.75 Å². The van der Waals surface area contributed by atoms with Crippen molar-refractivity contribution in [2.45, 2.75) is 6.61 Å². The molecule has 0 fully saturated rings. The summed E-state index contributed by atoms with van der Waals surface area (Å²) >= 11 is 12.1. The predicted octanol–water partition coefficient (Wildman–Crippen LogP) is 4.22. The number of ether oxygens (including phenoxy) is 1. The minimum absolute atomic E-state index is 0.380. The summed E-state index contributed by atoms with van der Waals surface area (Å²) in [6.07, 6.45) is 3.65. The van der Waals surface area contributed by atoms with E-state index in [2.05, 4.69) is 4.98 Å². The number of para-hydroxylation sites is 1. The lowest BCUT2D eigenvalue weighted by atomic mass is 10.3. The molecule has 3 nitrogen and oxygen atoms in total. The third-order valence-electron chi connectivity index (χ3n) is 2.78. The minimum Gasteiger partial charge on any atom is -0.486 e. The molecular formula is C14H10Cl2N2O. The van der Waals surface area contributed by atoms with Crippen molar-refractivity contribution >= 4 is 28.8 Å². The molecule has 0 atom stereocenters. The summed E-state index contributed by atoms with van der Waals surface area (Å²) in [5.41, 5.74) is 1.64. The maximum Gasteiger partial charge on any atom is 0.155 e. The van der Waals surface area contributed by atoms with E-state index in [9.17, 15) is 0 Å². The van der Waals surface area contributed by atoms with E-state index in [4.69, 9.17) is 27.9 Å². The standard InChI is InChI=1S/C14H10Cl2N2O/c15-11-4-1-2-6-13(11)19-9-10-8-17-14-12(16)5-3-7-18(10)14/h1-8H,9H2. The molecule has 0 spiro atoms. The summed E-state index contributed by atoms with van der Waals surface area (Å²) in [5, 5.41) is 1.21. The largest absolute Gasteiger partial charge is 0.486 e. The second-order valence-electron chi connectivity index (χ2n) is 4.02. The van der Waals surface area contributed by atoms with Gasteiger partial charge in [-0.05, 0) is 24.3 Å². The van der Waals surface area contributed by atoms with Gasteiger partial charge in [0.2, 0.25) is 0 Å². The van der Waals surface area contributed by atoms with Crippen LogP contribution in [-0.2, 0) is 6.61 Å². The summed E-state index contributed by atoms with van der Waals surface area (Å²) < 4.78 is 7.60. The molecule has 0 N–H and O–H groups in total. The normalized spacial score (nSPS) is 10.8. The molecule has 3 aromatic rings. The van der Waals surface area contributed by atoms with Crippen molar-refractivity contribution in [1.82, 2.24) is 9.38 Å². The predicted molar refractivity (Wildman–Crippen MR) is 76.0 cm³/mol. The number of halogens is 2. The fourth-order valence-corrected chi connectivity index (χ4v) is 2.25. The highest BCUT2D eigenvalue weighted by Crippen LogP contribution is 2.24. The molecule has 2 aromatic heterocycles. The zero-order valence-electron chi connectivity index (χ0n) is 9.88. The summed E-state index contributed by atoms with van der Waals surface area (Å²) in [6.45, 7) is 0.380. The van der Waals surface area contributed by atoms with Gasteiger partial charge in [-0.3, -0.25) is 4.40 Å². The fourth-order valence-electron chi connectivity index (χ4n) is 1.85. The van der Waals surface area contributed by atoms with Gasteiger partial charge >= 0.3 is 0 Å². The molecule has 0 bridgehead atoms. The molecule has 0 amide bonds. The SMILES string of the molecule is Clc1ccccc1OCc1cnc2c(Cl)cccn12. The molecular weight excluding hydrogens is 283 g/mol. The second kappa shape index (κ2) is 5.11. The van der Waals surface area contributed by atoms with E-state index in [0.29, 0.717) is 22.4 Å². The quantitative estimate of drug-likeness (QED) is 0.722. The highest BCUT2D eigenvalue weighted by molar-refractivity contribution is 6.33. The second-order valence-corrected chi connectivity index (χ2v) is 4.83. The van der Waals surface area contributed by atoms with Crippen LogP contribution in [0, 0.1) is 0 Å². The zero-order chi connectivity index (χ0) is 13.2. The summed E-state index contributed by atoms with van der Waals surface area (Å²) in [4.78, 5) is 4.27. The van der Waals surface area contributed by atoms with Crippen LogP contribution in [0.25, 0.3) is 5.65 Å². The van der Waals surface area contributed by atoms with Crippen molar-refractivity contribution in [3.8, 4) is 5.75 Å². The van der Waals surface area contributed by atoms with Crippen molar-refractivity contribution in [2.75, 3.05) is 0 Å².